The Bertz CT molecular complexity index is 1040. The van der Waals surface area contributed by atoms with Gasteiger partial charge in [0.25, 0.3) is 16.0 Å². The fraction of sp³-hybridized carbons (Fsp3) is 0.0556. The van der Waals surface area contributed by atoms with Crippen molar-refractivity contribution in [3.8, 4) is 0 Å². The largest absolute Gasteiger partial charge is 0.322 e. The molecule has 1 amide bonds. The Labute approximate surface area is 139 Å². The summed E-state index contributed by atoms with van der Waals surface area (Å²) in [5.74, 6) is -0.283. The number of aryl methyl sites for hydroxylation is 1. The molecule has 3 aromatic rings. The first kappa shape index (κ1) is 16.2. The van der Waals surface area contributed by atoms with Crippen LogP contribution in [0.1, 0.15) is 15.9 Å². The van der Waals surface area contributed by atoms with E-state index in [1.165, 1.54) is 18.2 Å². The number of carbonyl (C=O) groups is 1. The van der Waals surface area contributed by atoms with Crippen molar-refractivity contribution in [2.24, 2.45) is 0 Å². The highest BCUT2D eigenvalue weighted by atomic mass is 32.2. The summed E-state index contributed by atoms with van der Waals surface area (Å²) in [5.41, 5.74) is 1.56. The first-order valence-electron chi connectivity index (χ1n) is 7.23. The summed E-state index contributed by atoms with van der Waals surface area (Å²) in [6.07, 6.45) is 0. The minimum atomic E-state index is -4.26. The van der Waals surface area contributed by atoms with E-state index in [4.69, 9.17) is 4.55 Å². The van der Waals surface area contributed by atoms with Gasteiger partial charge in [0.1, 0.15) is 0 Å². The molecule has 0 bridgehead atoms. The molecule has 0 atom stereocenters. The lowest BCUT2D eigenvalue weighted by Gasteiger charge is -2.11. The molecule has 0 aliphatic carbocycles. The van der Waals surface area contributed by atoms with E-state index in [1.807, 2.05) is 36.4 Å². The summed E-state index contributed by atoms with van der Waals surface area (Å²) in [6, 6.07) is 17.1. The second-order valence-corrected chi connectivity index (χ2v) is 6.85. The number of fused-ring (bicyclic) bond motifs is 1. The van der Waals surface area contributed by atoms with Crippen LogP contribution in [0.4, 0.5) is 5.69 Å². The zero-order valence-corrected chi connectivity index (χ0v) is 13.7. The highest BCUT2D eigenvalue weighted by Gasteiger charge is 2.14. The van der Waals surface area contributed by atoms with Crippen LogP contribution in [0.25, 0.3) is 10.8 Å². The highest BCUT2D eigenvalue weighted by molar-refractivity contribution is 7.85. The average molecular weight is 341 g/mol. The van der Waals surface area contributed by atoms with Crippen molar-refractivity contribution in [2.45, 2.75) is 11.8 Å². The molecule has 6 heteroatoms. The maximum absolute atomic E-state index is 12.6. The van der Waals surface area contributed by atoms with Crippen LogP contribution in [0.5, 0.6) is 0 Å². The fourth-order valence-corrected chi connectivity index (χ4v) is 3.12. The second kappa shape index (κ2) is 6.07. The molecule has 0 aromatic heterocycles. The van der Waals surface area contributed by atoms with Crippen molar-refractivity contribution in [1.82, 2.24) is 0 Å². The van der Waals surface area contributed by atoms with Crippen LogP contribution >= 0.6 is 0 Å². The van der Waals surface area contributed by atoms with Crippen molar-refractivity contribution >= 4 is 32.5 Å². The Morgan fingerprint density at radius 2 is 1.71 bits per heavy atom. The predicted octanol–water partition coefficient (Wildman–Crippen LogP) is 3.65. The van der Waals surface area contributed by atoms with E-state index >= 15 is 0 Å². The Balaban J connectivity index is 1.95. The van der Waals surface area contributed by atoms with E-state index in [0.29, 0.717) is 16.8 Å². The SMILES string of the molecule is Cc1cc(S(=O)(=O)O)ccc1NC(=O)c1cccc2ccccc12. The van der Waals surface area contributed by atoms with Crippen LogP contribution in [-0.4, -0.2) is 18.9 Å². The Morgan fingerprint density at radius 3 is 2.42 bits per heavy atom. The third-order valence-electron chi connectivity index (χ3n) is 3.78. The van der Waals surface area contributed by atoms with Crippen LogP contribution in [0, 0.1) is 6.92 Å². The molecule has 0 aliphatic heterocycles. The molecule has 0 aliphatic rings. The number of anilines is 1. The van der Waals surface area contributed by atoms with Gasteiger partial charge >= 0.3 is 0 Å². The molecule has 5 nitrogen and oxygen atoms in total. The maximum Gasteiger partial charge on any atom is 0.294 e. The fourth-order valence-electron chi connectivity index (χ4n) is 2.55. The lowest BCUT2D eigenvalue weighted by Crippen LogP contribution is -2.13. The number of carbonyl (C=O) groups excluding carboxylic acids is 1. The molecule has 24 heavy (non-hydrogen) atoms. The normalized spacial score (nSPS) is 11.4. The van der Waals surface area contributed by atoms with Gasteiger partial charge in [-0.1, -0.05) is 36.4 Å². The number of amides is 1. The summed E-state index contributed by atoms with van der Waals surface area (Å²) in [7, 11) is -4.26. The van der Waals surface area contributed by atoms with E-state index < -0.39 is 10.1 Å². The predicted molar refractivity (Wildman–Crippen MR) is 92.9 cm³/mol. The van der Waals surface area contributed by atoms with Crippen LogP contribution < -0.4 is 5.32 Å². The standard InChI is InChI=1S/C18H15NO4S/c1-12-11-14(24(21,22)23)9-10-17(12)19-18(20)16-8-4-6-13-5-2-3-7-15(13)16/h2-11H,1H3,(H,19,20)(H,21,22,23). The molecule has 0 heterocycles. The highest BCUT2D eigenvalue weighted by Crippen LogP contribution is 2.23. The van der Waals surface area contributed by atoms with Crippen molar-refractivity contribution in [3.63, 3.8) is 0 Å². The molecule has 0 radical (unpaired) electrons. The number of benzene rings is 3. The topological polar surface area (TPSA) is 83.5 Å². The Kier molecular flexibility index (Phi) is 4.09. The first-order chi connectivity index (χ1) is 11.4. The molecule has 2 N–H and O–H groups in total. The van der Waals surface area contributed by atoms with Gasteiger partial charge in [0.15, 0.2) is 0 Å². The molecule has 0 saturated carbocycles. The van der Waals surface area contributed by atoms with Gasteiger partial charge in [-0.2, -0.15) is 8.42 Å². The monoisotopic (exact) mass is 341 g/mol. The van der Waals surface area contributed by atoms with Gasteiger partial charge in [-0.15, -0.1) is 0 Å². The van der Waals surface area contributed by atoms with E-state index in [2.05, 4.69) is 5.32 Å². The summed E-state index contributed by atoms with van der Waals surface area (Å²) in [4.78, 5) is 12.4. The summed E-state index contributed by atoms with van der Waals surface area (Å²) < 4.78 is 31.4. The van der Waals surface area contributed by atoms with Crippen molar-refractivity contribution in [1.29, 1.82) is 0 Å². The molecule has 122 valence electrons. The third kappa shape index (κ3) is 3.15. The van der Waals surface area contributed by atoms with E-state index in [1.54, 1.807) is 13.0 Å². The van der Waals surface area contributed by atoms with Gasteiger partial charge in [0, 0.05) is 11.3 Å². The van der Waals surface area contributed by atoms with Crippen LogP contribution in [0.2, 0.25) is 0 Å². The Morgan fingerprint density at radius 1 is 1.00 bits per heavy atom. The van der Waals surface area contributed by atoms with Gasteiger partial charge in [-0.3, -0.25) is 9.35 Å². The van der Waals surface area contributed by atoms with Gasteiger partial charge in [0.05, 0.1) is 4.90 Å². The van der Waals surface area contributed by atoms with Crippen LogP contribution in [0.3, 0.4) is 0 Å². The molecule has 0 spiro atoms. The van der Waals surface area contributed by atoms with E-state index in [9.17, 15) is 13.2 Å². The van der Waals surface area contributed by atoms with Crippen molar-refractivity contribution in [3.05, 3.63) is 71.8 Å². The van der Waals surface area contributed by atoms with Crippen LogP contribution in [0.15, 0.2) is 65.6 Å². The molecule has 0 unspecified atom stereocenters. The zero-order valence-electron chi connectivity index (χ0n) is 12.9. The molecule has 3 rings (SSSR count). The van der Waals surface area contributed by atoms with E-state index in [-0.39, 0.29) is 10.8 Å². The maximum atomic E-state index is 12.6. The van der Waals surface area contributed by atoms with Gasteiger partial charge < -0.3 is 5.32 Å². The molecular formula is C18H15NO4S. The smallest absolute Gasteiger partial charge is 0.294 e. The zero-order chi connectivity index (χ0) is 17.3. The lowest BCUT2D eigenvalue weighted by molar-refractivity contribution is 0.102. The lowest BCUT2D eigenvalue weighted by atomic mass is 10.0. The van der Waals surface area contributed by atoms with E-state index in [0.717, 1.165) is 10.8 Å². The van der Waals surface area contributed by atoms with Gasteiger partial charge in [0.2, 0.25) is 0 Å². The molecule has 0 fully saturated rings. The minimum Gasteiger partial charge on any atom is -0.322 e. The van der Waals surface area contributed by atoms with Crippen molar-refractivity contribution < 1.29 is 17.8 Å². The Hall–Kier alpha value is -2.70. The minimum absolute atomic E-state index is 0.205. The molecule has 0 saturated heterocycles. The number of hydrogen-bond donors (Lipinski definition) is 2. The number of hydrogen-bond acceptors (Lipinski definition) is 3. The van der Waals surface area contributed by atoms with Crippen molar-refractivity contribution in [2.75, 3.05) is 5.32 Å². The number of rotatable bonds is 3. The molecule has 3 aromatic carbocycles. The molecular weight excluding hydrogens is 326 g/mol. The quantitative estimate of drug-likeness (QED) is 0.712. The summed E-state index contributed by atoms with van der Waals surface area (Å²) >= 11 is 0. The third-order valence-corrected chi connectivity index (χ3v) is 4.63. The number of nitrogens with one attached hydrogen (secondary N) is 1. The summed E-state index contributed by atoms with van der Waals surface area (Å²) in [5, 5.41) is 4.58. The second-order valence-electron chi connectivity index (χ2n) is 5.43. The average Bonchev–Trinajstić information content (AvgIpc) is 2.55. The van der Waals surface area contributed by atoms with Crippen LogP contribution in [-0.2, 0) is 10.1 Å². The first-order valence-corrected chi connectivity index (χ1v) is 8.67. The van der Waals surface area contributed by atoms with Gasteiger partial charge in [-0.05, 0) is 47.5 Å². The van der Waals surface area contributed by atoms with Gasteiger partial charge in [-0.25, -0.2) is 0 Å². The summed E-state index contributed by atoms with van der Waals surface area (Å²) in [6.45, 7) is 1.66.